The zero-order chi connectivity index (χ0) is 22.9. The normalized spacial score (nSPS) is 30.1. The van der Waals surface area contributed by atoms with Crippen LogP contribution in [0.15, 0.2) is 12.2 Å². The van der Waals surface area contributed by atoms with Crippen molar-refractivity contribution in [1.82, 2.24) is 0 Å². The average molecular weight is 435 g/mol. The van der Waals surface area contributed by atoms with Crippen LogP contribution in [-0.2, 0) is 23.7 Å². The van der Waals surface area contributed by atoms with Crippen LogP contribution in [0.5, 0.6) is 0 Å². The summed E-state index contributed by atoms with van der Waals surface area (Å²) in [5.74, 6) is -0.157. The fourth-order valence-electron chi connectivity index (χ4n) is 3.14. The molecule has 3 saturated heterocycles. The molecule has 3 heterocycles. The van der Waals surface area contributed by atoms with Gasteiger partial charge in [0.05, 0.1) is 50.8 Å². The predicted octanol–water partition coefficient (Wildman–Crippen LogP) is 1.99. The number of esters is 1. The first-order valence-electron chi connectivity index (χ1n) is 11.0. The third-order valence-corrected chi connectivity index (χ3v) is 4.73. The number of carbonyl (C=O) groups excluding carboxylic acids is 1. The Labute approximate surface area is 181 Å². The number of aliphatic hydroxyl groups is 3. The summed E-state index contributed by atoms with van der Waals surface area (Å²) < 4.78 is 20.4. The van der Waals surface area contributed by atoms with Crippen LogP contribution in [0.1, 0.15) is 59.3 Å². The van der Waals surface area contributed by atoms with Crippen molar-refractivity contribution in [1.29, 1.82) is 0 Å². The minimum absolute atomic E-state index is 0.00250. The summed E-state index contributed by atoms with van der Waals surface area (Å²) in [6.45, 7) is 11.6. The fraction of sp³-hybridized carbons (Fsp3) is 0.864. The van der Waals surface area contributed by atoms with E-state index in [1.165, 1.54) is 25.5 Å². The molecular formula is C22H42O8. The lowest BCUT2D eigenvalue weighted by Gasteiger charge is -2.43. The lowest BCUT2D eigenvalue weighted by molar-refractivity contribution is -0.222. The maximum Gasteiger partial charge on any atom is 0.305 e. The summed E-state index contributed by atoms with van der Waals surface area (Å²) in [7, 11) is 1.38. The molecule has 0 spiro atoms. The van der Waals surface area contributed by atoms with Crippen LogP contribution >= 0.6 is 0 Å². The molecule has 178 valence electrons. The van der Waals surface area contributed by atoms with Crippen molar-refractivity contribution in [2.24, 2.45) is 0 Å². The number of fused-ring (bicyclic) bond motifs is 1. The highest BCUT2D eigenvalue weighted by Crippen LogP contribution is 2.30. The van der Waals surface area contributed by atoms with E-state index in [1.54, 1.807) is 6.92 Å². The summed E-state index contributed by atoms with van der Waals surface area (Å²) in [4.78, 5) is 9.96. The third-order valence-electron chi connectivity index (χ3n) is 4.73. The van der Waals surface area contributed by atoms with Gasteiger partial charge < -0.3 is 34.3 Å². The van der Waals surface area contributed by atoms with Crippen LogP contribution in [0, 0.1) is 0 Å². The molecule has 8 heteroatoms. The Morgan fingerprint density at radius 2 is 1.93 bits per heavy atom. The van der Waals surface area contributed by atoms with E-state index >= 15 is 0 Å². The summed E-state index contributed by atoms with van der Waals surface area (Å²) in [6.07, 6.45) is 2.68. The third kappa shape index (κ3) is 12.0. The molecular weight excluding hydrogens is 392 g/mol. The highest BCUT2D eigenvalue weighted by molar-refractivity contribution is 5.68. The topological polar surface area (TPSA) is 115 Å². The Morgan fingerprint density at radius 3 is 2.37 bits per heavy atom. The molecule has 3 fully saturated rings. The van der Waals surface area contributed by atoms with Gasteiger partial charge in [0.25, 0.3) is 0 Å². The van der Waals surface area contributed by atoms with Gasteiger partial charge in [-0.25, -0.2) is 0 Å². The lowest BCUT2D eigenvalue weighted by Crippen LogP contribution is -2.53. The van der Waals surface area contributed by atoms with Gasteiger partial charge in [0.15, 0.2) is 0 Å². The van der Waals surface area contributed by atoms with Gasteiger partial charge in [-0.3, -0.25) is 4.79 Å². The average Bonchev–Trinajstić information content (AvgIpc) is 2.77. The van der Waals surface area contributed by atoms with Gasteiger partial charge in [-0.05, 0) is 19.3 Å². The number of carbonyl (C=O) groups is 1. The molecule has 3 aliphatic heterocycles. The predicted molar refractivity (Wildman–Crippen MR) is 114 cm³/mol. The molecule has 0 aliphatic carbocycles. The largest absolute Gasteiger partial charge is 0.469 e. The van der Waals surface area contributed by atoms with Crippen molar-refractivity contribution in [3.05, 3.63) is 12.2 Å². The molecule has 3 N–H and O–H groups in total. The number of hydrogen-bond acceptors (Lipinski definition) is 8. The fourth-order valence-corrected chi connectivity index (χ4v) is 3.14. The molecule has 0 radical (unpaired) electrons. The molecule has 8 nitrogen and oxygen atoms in total. The molecule has 0 aromatic carbocycles. The smallest absolute Gasteiger partial charge is 0.305 e. The van der Waals surface area contributed by atoms with E-state index < -0.39 is 12.2 Å². The van der Waals surface area contributed by atoms with Gasteiger partial charge in [-0.1, -0.05) is 32.9 Å². The van der Waals surface area contributed by atoms with Gasteiger partial charge in [0.1, 0.15) is 0 Å². The van der Waals surface area contributed by atoms with E-state index in [4.69, 9.17) is 19.3 Å². The van der Waals surface area contributed by atoms with Crippen molar-refractivity contribution >= 4 is 5.97 Å². The molecule has 3 rings (SSSR count). The first kappa shape index (κ1) is 29.0. The Hall–Kier alpha value is -1.03. The van der Waals surface area contributed by atoms with Crippen LogP contribution in [0.2, 0.25) is 0 Å². The Balaban J connectivity index is 0.000000468. The number of methoxy groups -OCH3 is 1. The Kier molecular flexibility index (Phi) is 17.0. The molecule has 0 aromatic rings. The van der Waals surface area contributed by atoms with Crippen LogP contribution in [0.4, 0.5) is 0 Å². The zero-order valence-corrected chi connectivity index (χ0v) is 19.0. The summed E-state index contributed by atoms with van der Waals surface area (Å²) in [5, 5.41) is 28.0. The molecule has 5 atom stereocenters. The number of aliphatic hydroxyl groups excluding tert-OH is 3. The number of hydrogen-bond donors (Lipinski definition) is 3. The lowest BCUT2D eigenvalue weighted by atomic mass is 9.92. The number of rotatable bonds is 3. The summed E-state index contributed by atoms with van der Waals surface area (Å²) in [5.41, 5.74) is 1.24. The second-order valence-corrected chi connectivity index (χ2v) is 7.13. The highest BCUT2D eigenvalue weighted by Gasteiger charge is 2.40. The summed E-state index contributed by atoms with van der Waals surface area (Å²) in [6, 6.07) is 0. The molecule has 3 aliphatic rings. The van der Waals surface area contributed by atoms with E-state index in [2.05, 4.69) is 11.3 Å². The molecule has 0 saturated carbocycles. The monoisotopic (exact) mass is 434 g/mol. The Morgan fingerprint density at radius 1 is 1.23 bits per heavy atom. The van der Waals surface area contributed by atoms with Crippen LogP contribution < -0.4 is 0 Å². The van der Waals surface area contributed by atoms with Gasteiger partial charge in [-0.2, -0.15) is 0 Å². The molecule has 0 unspecified atom stereocenters. The van der Waals surface area contributed by atoms with E-state index in [0.717, 1.165) is 13.2 Å². The van der Waals surface area contributed by atoms with Crippen molar-refractivity contribution in [3.63, 3.8) is 0 Å². The number of ether oxygens (including phenoxy) is 4. The quantitative estimate of drug-likeness (QED) is 0.456. The summed E-state index contributed by atoms with van der Waals surface area (Å²) >= 11 is 0. The Bertz CT molecular complexity index is 442. The first-order chi connectivity index (χ1) is 14.4. The van der Waals surface area contributed by atoms with Crippen LogP contribution in [0.3, 0.4) is 0 Å². The molecule has 0 aromatic heterocycles. The minimum Gasteiger partial charge on any atom is -0.469 e. The van der Waals surface area contributed by atoms with Crippen molar-refractivity contribution in [2.45, 2.75) is 89.8 Å². The van der Waals surface area contributed by atoms with E-state index in [1.807, 2.05) is 13.8 Å². The highest BCUT2D eigenvalue weighted by atomic mass is 16.6. The second kappa shape index (κ2) is 17.6. The van der Waals surface area contributed by atoms with Gasteiger partial charge in [-0.15, -0.1) is 0 Å². The molecule has 30 heavy (non-hydrogen) atoms. The minimum atomic E-state index is -0.575. The van der Waals surface area contributed by atoms with Crippen molar-refractivity contribution in [2.75, 3.05) is 33.5 Å². The van der Waals surface area contributed by atoms with E-state index in [0.29, 0.717) is 32.3 Å². The van der Waals surface area contributed by atoms with Gasteiger partial charge in [0.2, 0.25) is 0 Å². The zero-order valence-electron chi connectivity index (χ0n) is 19.0. The first-order valence-corrected chi connectivity index (χ1v) is 11.0. The SMILES string of the molecule is C=C1CCCOC1.CC.CCC(=O)OC.OCC[C@H]1O[C@H]2C[C@@H](O)CO[C@H]2C[C@H]1O. The molecule has 0 bridgehead atoms. The van der Waals surface area contributed by atoms with Gasteiger partial charge >= 0.3 is 5.97 Å². The maximum atomic E-state index is 9.96. The van der Waals surface area contributed by atoms with Crippen molar-refractivity contribution < 1.29 is 39.1 Å². The maximum absolute atomic E-state index is 9.96. The van der Waals surface area contributed by atoms with Crippen LogP contribution in [0.25, 0.3) is 0 Å². The standard InChI is InChI=1S/C10H18O5.C6H10O.C4H8O2.C2H6/c11-2-1-8-7(13)4-9-10(15-8)3-6(12)5-14-9;1-6-3-2-4-7-5-6;1-3-4(5)6-2;1-2/h6-13H,1-5H2;1-5H2;3H2,1-2H3;1-2H3/t6-,7-,8-,9+,10+;;;/m1.../s1. The van der Waals surface area contributed by atoms with Crippen molar-refractivity contribution in [3.8, 4) is 0 Å². The van der Waals surface area contributed by atoms with E-state index in [9.17, 15) is 15.0 Å². The second-order valence-electron chi connectivity index (χ2n) is 7.13. The van der Waals surface area contributed by atoms with Crippen LogP contribution in [-0.4, -0.2) is 85.3 Å². The van der Waals surface area contributed by atoms with Gasteiger partial charge in [0, 0.05) is 32.5 Å². The molecule has 0 amide bonds. The van der Waals surface area contributed by atoms with E-state index in [-0.39, 0.29) is 30.9 Å².